The fraction of sp³-hybridized carbons (Fsp3) is 0.0909. The third-order valence-corrected chi connectivity index (χ3v) is 1.98. The van der Waals surface area contributed by atoms with E-state index >= 15 is 0 Å². The van der Waals surface area contributed by atoms with Crippen LogP contribution < -0.4 is 5.56 Å². The summed E-state index contributed by atoms with van der Waals surface area (Å²) in [5.41, 5.74) is 2.65. The van der Waals surface area contributed by atoms with E-state index in [2.05, 4.69) is 9.97 Å². The van der Waals surface area contributed by atoms with Crippen molar-refractivity contribution in [3.63, 3.8) is 0 Å². The van der Waals surface area contributed by atoms with Gasteiger partial charge in [-0.25, -0.2) is 0 Å². The van der Waals surface area contributed by atoms with Crippen LogP contribution in [0.25, 0.3) is 11.3 Å². The molecular formula is C11H10N2O. The van der Waals surface area contributed by atoms with E-state index in [0.29, 0.717) is 0 Å². The monoisotopic (exact) mass is 186 g/mol. The van der Waals surface area contributed by atoms with Gasteiger partial charge in [-0.05, 0) is 25.1 Å². The third kappa shape index (κ3) is 1.71. The average molecular weight is 186 g/mol. The molecular weight excluding hydrogens is 176 g/mol. The largest absolute Gasteiger partial charge is 0.322 e. The highest BCUT2D eigenvalue weighted by atomic mass is 16.1. The molecule has 0 unspecified atom stereocenters. The zero-order valence-electron chi connectivity index (χ0n) is 7.82. The second-order valence-corrected chi connectivity index (χ2v) is 3.11. The average Bonchev–Trinajstić information content (AvgIpc) is 2.18. The van der Waals surface area contributed by atoms with Gasteiger partial charge in [-0.1, -0.05) is 6.07 Å². The van der Waals surface area contributed by atoms with Crippen LogP contribution in [0.2, 0.25) is 0 Å². The first-order chi connectivity index (χ1) is 6.75. The molecule has 0 saturated carbocycles. The molecule has 2 aromatic heterocycles. The zero-order valence-corrected chi connectivity index (χ0v) is 7.82. The highest BCUT2D eigenvalue weighted by Gasteiger charge is 1.97. The summed E-state index contributed by atoms with van der Waals surface area (Å²) in [6.07, 6.45) is 1.73. The Morgan fingerprint density at radius 3 is 2.86 bits per heavy atom. The number of aryl methyl sites for hydroxylation is 1. The van der Waals surface area contributed by atoms with Crippen molar-refractivity contribution in [2.75, 3.05) is 0 Å². The van der Waals surface area contributed by atoms with E-state index < -0.39 is 0 Å². The summed E-state index contributed by atoms with van der Waals surface area (Å²) >= 11 is 0. The summed E-state index contributed by atoms with van der Waals surface area (Å²) in [5, 5.41) is 0. The Balaban J connectivity index is 2.55. The summed E-state index contributed by atoms with van der Waals surface area (Å²) in [6, 6.07) is 8.92. The second-order valence-electron chi connectivity index (χ2n) is 3.11. The smallest absolute Gasteiger partial charge is 0.248 e. The fourth-order valence-corrected chi connectivity index (χ4v) is 1.33. The van der Waals surface area contributed by atoms with Crippen molar-refractivity contribution >= 4 is 0 Å². The van der Waals surface area contributed by atoms with Crippen LogP contribution in [0.4, 0.5) is 0 Å². The molecule has 2 aromatic rings. The van der Waals surface area contributed by atoms with E-state index in [-0.39, 0.29) is 5.56 Å². The van der Waals surface area contributed by atoms with E-state index in [1.807, 2.05) is 25.1 Å². The van der Waals surface area contributed by atoms with Crippen LogP contribution in [0.3, 0.4) is 0 Å². The molecule has 3 heteroatoms. The van der Waals surface area contributed by atoms with Gasteiger partial charge < -0.3 is 4.98 Å². The van der Waals surface area contributed by atoms with Crippen LogP contribution in [0.15, 0.2) is 41.3 Å². The number of pyridine rings is 2. The molecule has 2 heterocycles. The molecule has 0 fully saturated rings. The van der Waals surface area contributed by atoms with Gasteiger partial charge in [-0.3, -0.25) is 9.78 Å². The van der Waals surface area contributed by atoms with Crippen LogP contribution in [-0.2, 0) is 0 Å². The minimum absolute atomic E-state index is 0.0861. The number of nitrogens with zero attached hydrogens (tertiary/aromatic N) is 1. The van der Waals surface area contributed by atoms with Gasteiger partial charge in [0.2, 0.25) is 5.56 Å². The molecule has 0 aliphatic rings. The normalized spacial score (nSPS) is 10.1. The van der Waals surface area contributed by atoms with Crippen molar-refractivity contribution in [3.8, 4) is 11.3 Å². The van der Waals surface area contributed by atoms with Crippen molar-refractivity contribution in [2.45, 2.75) is 6.92 Å². The highest BCUT2D eigenvalue weighted by Crippen LogP contribution is 2.14. The van der Waals surface area contributed by atoms with Crippen LogP contribution in [0.1, 0.15) is 5.69 Å². The summed E-state index contributed by atoms with van der Waals surface area (Å²) in [5.74, 6) is 0. The first-order valence-electron chi connectivity index (χ1n) is 4.38. The number of aromatic amines is 1. The van der Waals surface area contributed by atoms with Gasteiger partial charge in [0.1, 0.15) is 0 Å². The predicted octanol–water partition coefficient (Wildman–Crippen LogP) is 1.75. The van der Waals surface area contributed by atoms with Crippen molar-refractivity contribution < 1.29 is 0 Å². The Labute approximate surface area is 81.5 Å². The number of H-pyrrole nitrogens is 1. The quantitative estimate of drug-likeness (QED) is 0.737. The fourth-order valence-electron chi connectivity index (χ4n) is 1.33. The zero-order chi connectivity index (χ0) is 9.97. The van der Waals surface area contributed by atoms with E-state index in [9.17, 15) is 4.79 Å². The molecule has 2 rings (SSSR count). The van der Waals surface area contributed by atoms with E-state index in [4.69, 9.17) is 0 Å². The van der Waals surface area contributed by atoms with E-state index in [1.54, 1.807) is 12.3 Å². The number of rotatable bonds is 1. The SMILES string of the molecule is Cc1cc(-c2cccc(=O)[nH]2)ccn1. The van der Waals surface area contributed by atoms with Gasteiger partial charge >= 0.3 is 0 Å². The van der Waals surface area contributed by atoms with Gasteiger partial charge in [0.25, 0.3) is 0 Å². The lowest BCUT2D eigenvalue weighted by Gasteiger charge is -2.00. The molecule has 0 radical (unpaired) electrons. The summed E-state index contributed by atoms with van der Waals surface area (Å²) in [6.45, 7) is 1.92. The number of hydrogen-bond acceptors (Lipinski definition) is 2. The van der Waals surface area contributed by atoms with Gasteiger partial charge in [0.15, 0.2) is 0 Å². The number of hydrogen-bond donors (Lipinski definition) is 1. The molecule has 0 spiro atoms. The lowest BCUT2D eigenvalue weighted by molar-refractivity contribution is 1.18. The van der Waals surface area contributed by atoms with Gasteiger partial charge in [-0.2, -0.15) is 0 Å². The third-order valence-electron chi connectivity index (χ3n) is 1.98. The molecule has 14 heavy (non-hydrogen) atoms. The molecule has 0 bridgehead atoms. The first-order valence-corrected chi connectivity index (χ1v) is 4.38. The Morgan fingerprint density at radius 2 is 2.14 bits per heavy atom. The molecule has 0 atom stereocenters. The minimum Gasteiger partial charge on any atom is -0.322 e. The number of nitrogens with one attached hydrogen (secondary N) is 1. The van der Waals surface area contributed by atoms with E-state index in [0.717, 1.165) is 17.0 Å². The minimum atomic E-state index is -0.0861. The molecule has 70 valence electrons. The maximum Gasteiger partial charge on any atom is 0.248 e. The summed E-state index contributed by atoms with van der Waals surface area (Å²) < 4.78 is 0. The lowest BCUT2D eigenvalue weighted by atomic mass is 10.1. The molecule has 1 N–H and O–H groups in total. The highest BCUT2D eigenvalue weighted by molar-refractivity contribution is 5.58. The molecule has 0 aliphatic heterocycles. The molecule has 0 aromatic carbocycles. The second kappa shape index (κ2) is 3.46. The summed E-state index contributed by atoms with van der Waals surface area (Å²) in [4.78, 5) is 17.9. The van der Waals surface area contributed by atoms with Gasteiger partial charge in [-0.15, -0.1) is 0 Å². The van der Waals surface area contributed by atoms with Crippen LogP contribution in [0.5, 0.6) is 0 Å². The predicted molar refractivity (Wildman–Crippen MR) is 55.0 cm³/mol. The maximum absolute atomic E-state index is 11.1. The van der Waals surface area contributed by atoms with Crippen molar-refractivity contribution in [1.82, 2.24) is 9.97 Å². The Kier molecular flexibility index (Phi) is 2.14. The summed E-state index contributed by atoms with van der Waals surface area (Å²) in [7, 11) is 0. The Hall–Kier alpha value is -1.90. The lowest BCUT2D eigenvalue weighted by Crippen LogP contribution is -2.03. The van der Waals surface area contributed by atoms with Crippen LogP contribution in [-0.4, -0.2) is 9.97 Å². The molecule has 0 amide bonds. The van der Waals surface area contributed by atoms with E-state index in [1.165, 1.54) is 6.07 Å². The molecule has 3 nitrogen and oxygen atoms in total. The first kappa shape index (κ1) is 8.69. The Bertz CT molecular complexity index is 502. The standard InChI is InChI=1S/C11H10N2O/c1-8-7-9(5-6-12-8)10-3-2-4-11(14)13-10/h2-7H,1H3,(H,13,14). The molecule has 0 saturated heterocycles. The van der Waals surface area contributed by atoms with Crippen LogP contribution >= 0.6 is 0 Å². The van der Waals surface area contributed by atoms with Crippen LogP contribution in [0, 0.1) is 6.92 Å². The number of aromatic nitrogens is 2. The topological polar surface area (TPSA) is 45.8 Å². The van der Waals surface area contributed by atoms with Crippen molar-refractivity contribution in [3.05, 3.63) is 52.6 Å². The van der Waals surface area contributed by atoms with Gasteiger partial charge in [0.05, 0.1) is 0 Å². The maximum atomic E-state index is 11.1. The molecule has 0 aliphatic carbocycles. The van der Waals surface area contributed by atoms with Crippen molar-refractivity contribution in [1.29, 1.82) is 0 Å². The van der Waals surface area contributed by atoms with Crippen molar-refractivity contribution in [2.24, 2.45) is 0 Å². The van der Waals surface area contributed by atoms with Gasteiger partial charge in [0, 0.05) is 29.2 Å². The Morgan fingerprint density at radius 1 is 1.29 bits per heavy atom.